The van der Waals surface area contributed by atoms with Crippen molar-refractivity contribution in [1.29, 1.82) is 0 Å². The fraction of sp³-hybridized carbons (Fsp3) is 0.176. The molecule has 1 aromatic carbocycles. The summed E-state index contributed by atoms with van der Waals surface area (Å²) in [7, 11) is 0. The molecule has 0 unspecified atom stereocenters. The van der Waals surface area contributed by atoms with Crippen molar-refractivity contribution < 1.29 is 14.7 Å². The van der Waals surface area contributed by atoms with Crippen molar-refractivity contribution in [3.63, 3.8) is 0 Å². The highest BCUT2D eigenvalue weighted by Crippen LogP contribution is 2.29. The van der Waals surface area contributed by atoms with Gasteiger partial charge in [0.15, 0.2) is 0 Å². The monoisotopic (exact) mass is 341 g/mol. The number of likely N-dealkylation sites (tertiary alicyclic amines) is 1. The number of thiazole rings is 1. The summed E-state index contributed by atoms with van der Waals surface area (Å²) >= 11 is 1.52. The van der Waals surface area contributed by atoms with E-state index >= 15 is 0 Å². The lowest BCUT2D eigenvalue weighted by atomic mass is 9.95. The number of amides is 1. The second-order valence-corrected chi connectivity index (χ2v) is 6.13. The minimum Gasteiger partial charge on any atom is -0.483 e. The third-order valence-corrected chi connectivity index (χ3v) is 4.74. The van der Waals surface area contributed by atoms with Crippen LogP contribution in [0.4, 0.5) is 0 Å². The summed E-state index contributed by atoms with van der Waals surface area (Å²) in [6.45, 7) is 1.23. The first-order valence-corrected chi connectivity index (χ1v) is 8.23. The van der Waals surface area contributed by atoms with Gasteiger partial charge in [-0.15, -0.1) is 11.3 Å². The molecule has 0 bridgehead atoms. The molecule has 1 aliphatic heterocycles. The van der Waals surface area contributed by atoms with Gasteiger partial charge in [0, 0.05) is 30.9 Å². The molecule has 4 rings (SSSR count). The topological polar surface area (TPSA) is 83.4 Å². The lowest BCUT2D eigenvalue weighted by Crippen LogP contribution is -2.48. The van der Waals surface area contributed by atoms with Crippen LogP contribution in [-0.4, -0.2) is 45.4 Å². The molecule has 24 heavy (non-hydrogen) atoms. The summed E-state index contributed by atoms with van der Waals surface area (Å²) in [5, 5.41) is 6.89. The van der Waals surface area contributed by atoms with Crippen molar-refractivity contribution in [3.05, 3.63) is 59.4 Å². The van der Waals surface area contributed by atoms with Crippen molar-refractivity contribution in [2.75, 3.05) is 13.1 Å². The van der Waals surface area contributed by atoms with E-state index in [1.807, 2.05) is 41.3 Å². The van der Waals surface area contributed by atoms with Gasteiger partial charge in [-0.2, -0.15) is 0 Å². The summed E-state index contributed by atoms with van der Waals surface area (Å²) in [6.07, 6.45) is 1.80. The number of carbonyl (C=O) groups excluding carboxylic acids is 1. The smallest absolute Gasteiger partial charge is 0.290 e. The van der Waals surface area contributed by atoms with Crippen LogP contribution < -0.4 is 0 Å². The van der Waals surface area contributed by atoms with E-state index in [1.165, 1.54) is 11.3 Å². The highest BCUT2D eigenvalue weighted by molar-refractivity contribution is 7.17. The zero-order valence-electron chi connectivity index (χ0n) is 12.7. The number of hydrogen-bond donors (Lipinski definition) is 1. The lowest BCUT2D eigenvalue weighted by molar-refractivity contribution is -0.122. The van der Waals surface area contributed by atoms with E-state index in [9.17, 15) is 4.79 Å². The average Bonchev–Trinajstić information content (AvgIpc) is 3.03. The Morgan fingerprint density at radius 3 is 2.71 bits per heavy atom. The first kappa shape index (κ1) is 16.1. The molecule has 2 aromatic heterocycles. The number of carbonyl (C=O) groups is 2. The van der Waals surface area contributed by atoms with E-state index in [-0.39, 0.29) is 12.4 Å². The molecule has 1 aliphatic rings. The molecule has 122 valence electrons. The average molecular weight is 341 g/mol. The molecule has 1 amide bonds. The quantitative estimate of drug-likeness (QED) is 0.725. The van der Waals surface area contributed by atoms with Gasteiger partial charge < -0.3 is 10.0 Å². The minimum atomic E-state index is -0.250. The van der Waals surface area contributed by atoms with E-state index < -0.39 is 0 Å². The molecule has 3 heterocycles. The maximum absolute atomic E-state index is 12.6. The SMILES string of the molecule is O=C(c1cccc2ncsc12)N1CC(c2ccccn2)C1.O=CO. The number of nitrogens with zero attached hydrogens (tertiary/aromatic N) is 3. The van der Waals surface area contributed by atoms with Crippen LogP contribution in [0.3, 0.4) is 0 Å². The zero-order valence-corrected chi connectivity index (χ0v) is 13.5. The lowest BCUT2D eigenvalue weighted by Gasteiger charge is -2.39. The molecule has 0 atom stereocenters. The van der Waals surface area contributed by atoms with E-state index in [1.54, 1.807) is 11.7 Å². The standard InChI is InChI=1S/C16H13N3OS.CH2O2/c20-16(12-4-3-6-14-15(12)21-10-18-14)19-8-11(9-19)13-5-1-2-7-17-13;2-1-3/h1-7,10-11H,8-9H2;1H,(H,2,3). The highest BCUT2D eigenvalue weighted by Gasteiger charge is 2.33. The van der Waals surface area contributed by atoms with Crippen molar-refractivity contribution in [1.82, 2.24) is 14.9 Å². The van der Waals surface area contributed by atoms with E-state index in [0.717, 1.165) is 34.6 Å². The van der Waals surface area contributed by atoms with E-state index in [0.29, 0.717) is 5.92 Å². The molecule has 0 aliphatic carbocycles. The second kappa shape index (κ2) is 7.18. The molecule has 0 saturated carbocycles. The molecular weight excluding hydrogens is 326 g/mol. The number of carboxylic acid groups (broad SMARTS) is 1. The van der Waals surface area contributed by atoms with Gasteiger partial charge in [-0.25, -0.2) is 4.98 Å². The van der Waals surface area contributed by atoms with Crippen molar-refractivity contribution in [2.45, 2.75) is 5.92 Å². The van der Waals surface area contributed by atoms with Gasteiger partial charge in [-0.1, -0.05) is 12.1 Å². The molecule has 7 heteroatoms. The van der Waals surface area contributed by atoms with Gasteiger partial charge in [-0.3, -0.25) is 14.6 Å². The number of hydrogen-bond acceptors (Lipinski definition) is 5. The normalized spacial score (nSPS) is 13.8. The predicted molar refractivity (Wildman–Crippen MR) is 91.2 cm³/mol. The van der Waals surface area contributed by atoms with Gasteiger partial charge in [0.1, 0.15) is 0 Å². The third-order valence-electron chi connectivity index (χ3n) is 3.86. The Bertz CT molecular complexity index is 844. The first-order valence-electron chi connectivity index (χ1n) is 7.35. The number of pyridine rings is 1. The summed E-state index contributed by atoms with van der Waals surface area (Å²) in [5.74, 6) is 0.452. The van der Waals surface area contributed by atoms with Gasteiger partial charge in [0.05, 0.1) is 21.3 Å². The van der Waals surface area contributed by atoms with Gasteiger partial charge in [-0.05, 0) is 24.3 Å². The van der Waals surface area contributed by atoms with Gasteiger partial charge >= 0.3 is 0 Å². The Morgan fingerprint density at radius 2 is 2.00 bits per heavy atom. The maximum atomic E-state index is 12.6. The number of aromatic nitrogens is 2. The van der Waals surface area contributed by atoms with Crippen molar-refractivity contribution in [3.8, 4) is 0 Å². The van der Waals surface area contributed by atoms with Crippen LogP contribution in [0.15, 0.2) is 48.1 Å². The molecule has 1 saturated heterocycles. The Morgan fingerprint density at radius 1 is 1.21 bits per heavy atom. The number of rotatable bonds is 2. The zero-order chi connectivity index (χ0) is 16.9. The Balaban J connectivity index is 0.000000526. The summed E-state index contributed by atoms with van der Waals surface area (Å²) in [5.41, 5.74) is 4.51. The van der Waals surface area contributed by atoms with Crippen LogP contribution in [0.5, 0.6) is 0 Å². The Hall–Kier alpha value is -2.80. The third kappa shape index (κ3) is 3.11. The van der Waals surface area contributed by atoms with Crippen LogP contribution in [0, 0.1) is 0 Å². The highest BCUT2D eigenvalue weighted by atomic mass is 32.1. The van der Waals surface area contributed by atoms with E-state index in [4.69, 9.17) is 9.90 Å². The Kier molecular flexibility index (Phi) is 4.81. The van der Waals surface area contributed by atoms with Gasteiger partial charge in [0.25, 0.3) is 12.4 Å². The van der Waals surface area contributed by atoms with Crippen LogP contribution in [0.2, 0.25) is 0 Å². The van der Waals surface area contributed by atoms with Crippen LogP contribution >= 0.6 is 11.3 Å². The van der Waals surface area contributed by atoms with Crippen LogP contribution in [-0.2, 0) is 4.79 Å². The van der Waals surface area contributed by atoms with Crippen molar-refractivity contribution >= 4 is 33.9 Å². The first-order chi connectivity index (χ1) is 11.7. The largest absolute Gasteiger partial charge is 0.483 e. The summed E-state index contributed by atoms with van der Waals surface area (Å²) in [4.78, 5) is 31.5. The fourth-order valence-electron chi connectivity index (χ4n) is 2.67. The second-order valence-electron chi connectivity index (χ2n) is 5.27. The minimum absolute atomic E-state index is 0.0945. The van der Waals surface area contributed by atoms with Crippen LogP contribution in [0.25, 0.3) is 10.2 Å². The van der Waals surface area contributed by atoms with Crippen LogP contribution in [0.1, 0.15) is 22.0 Å². The molecule has 3 aromatic rings. The van der Waals surface area contributed by atoms with E-state index in [2.05, 4.69) is 9.97 Å². The Labute approximate surface area is 142 Å². The summed E-state index contributed by atoms with van der Waals surface area (Å²) < 4.78 is 0.976. The predicted octanol–water partition coefficient (Wildman–Crippen LogP) is 2.63. The molecule has 1 N–H and O–H groups in total. The maximum Gasteiger partial charge on any atom is 0.290 e. The number of fused-ring (bicyclic) bond motifs is 1. The fourth-order valence-corrected chi connectivity index (χ4v) is 3.47. The molecular formula is C17H15N3O3S. The molecule has 0 spiro atoms. The molecule has 0 radical (unpaired) electrons. The molecule has 6 nitrogen and oxygen atoms in total. The number of benzene rings is 1. The molecule has 1 fully saturated rings. The van der Waals surface area contributed by atoms with Crippen molar-refractivity contribution in [2.24, 2.45) is 0 Å². The summed E-state index contributed by atoms with van der Waals surface area (Å²) in [6, 6.07) is 11.6. The van der Waals surface area contributed by atoms with Gasteiger partial charge in [0.2, 0.25) is 0 Å².